The average molecular weight is 458 g/mol. The smallest absolute Gasteiger partial charge is 0.305 e. The van der Waals surface area contributed by atoms with E-state index in [4.69, 9.17) is 13.9 Å². The topological polar surface area (TPSA) is 124 Å². The molecule has 0 radical (unpaired) electrons. The number of hydrogen-bond donors (Lipinski definition) is 2. The van der Waals surface area contributed by atoms with Gasteiger partial charge in [0.2, 0.25) is 0 Å². The van der Waals surface area contributed by atoms with Crippen LogP contribution in [0.5, 0.6) is 11.5 Å². The summed E-state index contributed by atoms with van der Waals surface area (Å²) >= 11 is 0. The van der Waals surface area contributed by atoms with Crippen molar-refractivity contribution in [2.24, 2.45) is 0 Å². The van der Waals surface area contributed by atoms with Crippen molar-refractivity contribution in [1.82, 2.24) is 10.9 Å². The molecule has 0 aliphatic carbocycles. The molecule has 3 aromatic rings. The highest BCUT2D eigenvalue weighted by atomic mass is 32.2. The Labute approximate surface area is 185 Å². The number of carbonyl (C=O) groups is 2. The zero-order chi connectivity index (χ0) is 23.0. The van der Waals surface area contributed by atoms with E-state index in [2.05, 4.69) is 10.9 Å². The summed E-state index contributed by atoms with van der Waals surface area (Å²) in [5.41, 5.74) is 4.39. The number of benzene rings is 2. The van der Waals surface area contributed by atoms with Crippen molar-refractivity contribution in [3.8, 4) is 11.5 Å². The van der Waals surface area contributed by atoms with Crippen LogP contribution in [0.1, 0.15) is 23.2 Å². The van der Waals surface area contributed by atoms with Gasteiger partial charge in [0, 0.05) is 0 Å². The Bertz CT molecular complexity index is 1170. The van der Waals surface area contributed by atoms with Gasteiger partial charge in [0.15, 0.2) is 33.7 Å². The van der Waals surface area contributed by atoms with Gasteiger partial charge in [-0.2, -0.15) is 0 Å². The van der Waals surface area contributed by atoms with E-state index in [1.807, 2.05) is 6.92 Å². The maximum absolute atomic E-state index is 12.4. The first-order chi connectivity index (χ1) is 15.4. The summed E-state index contributed by atoms with van der Waals surface area (Å²) in [6, 6.07) is 17.5. The highest BCUT2D eigenvalue weighted by Gasteiger charge is 2.19. The Balaban J connectivity index is 1.50. The van der Waals surface area contributed by atoms with Gasteiger partial charge >= 0.3 is 5.91 Å². The molecule has 2 amide bonds. The Kier molecular flexibility index (Phi) is 7.50. The molecule has 0 spiro atoms. The third-order valence-electron chi connectivity index (χ3n) is 4.14. The summed E-state index contributed by atoms with van der Waals surface area (Å²) in [5, 5.41) is 0. The number of sulfone groups is 1. The fourth-order valence-electron chi connectivity index (χ4n) is 2.69. The van der Waals surface area contributed by atoms with E-state index in [0.29, 0.717) is 18.1 Å². The minimum Gasteiger partial charge on any atom is -0.490 e. The summed E-state index contributed by atoms with van der Waals surface area (Å²) in [7, 11) is -3.61. The molecular weight excluding hydrogens is 436 g/mol. The molecule has 0 unspecified atom stereocenters. The molecule has 0 saturated carbocycles. The van der Waals surface area contributed by atoms with Crippen molar-refractivity contribution in [2.75, 3.05) is 13.2 Å². The summed E-state index contributed by atoms with van der Waals surface area (Å²) in [6.07, 6.45) is 0. The van der Waals surface area contributed by atoms with Crippen molar-refractivity contribution in [3.63, 3.8) is 0 Å². The van der Waals surface area contributed by atoms with Gasteiger partial charge in [-0.15, -0.1) is 0 Å². The molecule has 0 bridgehead atoms. The van der Waals surface area contributed by atoms with E-state index in [0.717, 1.165) is 0 Å². The van der Waals surface area contributed by atoms with Crippen molar-refractivity contribution in [2.45, 2.75) is 17.6 Å². The number of hydrogen-bond acceptors (Lipinski definition) is 7. The van der Waals surface area contributed by atoms with Crippen molar-refractivity contribution < 1.29 is 31.9 Å². The number of carbonyl (C=O) groups excluding carboxylic acids is 2. The lowest BCUT2D eigenvalue weighted by Crippen LogP contribution is -2.43. The molecule has 10 heteroatoms. The van der Waals surface area contributed by atoms with E-state index < -0.39 is 27.4 Å². The van der Waals surface area contributed by atoms with Gasteiger partial charge in [-0.25, -0.2) is 8.42 Å². The molecule has 32 heavy (non-hydrogen) atoms. The van der Waals surface area contributed by atoms with Crippen LogP contribution in [0, 0.1) is 0 Å². The van der Waals surface area contributed by atoms with Crippen LogP contribution in [0.4, 0.5) is 0 Å². The first-order valence-corrected chi connectivity index (χ1v) is 11.3. The minimum absolute atomic E-state index is 0.0983. The second-order valence-electron chi connectivity index (χ2n) is 6.51. The highest BCUT2D eigenvalue weighted by molar-refractivity contribution is 7.90. The van der Waals surface area contributed by atoms with Gasteiger partial charge in [0.1, 0.15) is 11.5 Å². The zero-order valence-electron chi connectivity index (χ0n) is 17.2. The van der Waals surface area contributed by atoms with Crippen LogP contribution in [0.2, 0.25) is 0 Å². The van der Waals surface area contributed by atoms with E-state index >= 15 is 0 Å². The lowest BCUT2D eigenvalue weighted by atomic mass is 10.3. The second kappa shape index (κ2) is 10.5. The van der Waals surface area contributed by atoms with Gasteiger partial charge in [0.25, 0.3) is 5.91 Å². The molecule has 2 N–H and O–H groups in total. The van der Waals surface area contributed by atoms with Crippen LogP contribution in [0.3, 0.4) is 0 Å². The molecule has 1 aromatic heterocycles. The van der Waals surface area contributed by atoms with Crippen LogP contribution >= 0.6 is 0 Å². The summed E-state index contributed by atoms with van der Waals surface area (Å²) in [4.78, 5) is 24.3. The van der Waals surface area contributed by atoms with Crippen molar-refractivity contribution >= 4 is 21.7 Å². The number of furan rings is 1. The third-order valence-corrected chi connectivity index (χ3v) is 5.80. The Morgan fingerprint density at radius 2 is 1.53 bits per heavy atom. The van der Waals surface area contributed by atoms with Crippen LogP contribution in [0.25, 0.3) is 0 Å². The SMILES string of the molecule is CCOc1ccccc1OCC(=O)NNC(=O)c1ccc(CS(=O)(=O)c2ccccc2)o1. The molecule has 0 fully saturated rings. The summed E-state index contributed by atoms with van der Waals surface area (Å²) in [6.45, 7) is 1.92. The maximum atomic E-state index is 12.4. The van der Waals surface area contributed by atoms with Gasteiger partial charge in [0.05, 0.1) is 11.5 Å². The van der Waals surface area contributed by atoms with Gasteiger partial charge in [-0.3, -0.25) is 20.4 Å². The number of ether oxygens (including phenoxy) is 2. The molecular formula is C22H22N2O7S. The Hall–Kier alpha value is -3.79. The quantitative estimate of drug-likeness (QED) is 0.472. The summed E-state index contributed by atoms with van der Waals surface area (Å²) < 4.78 is 41.0. The fraction of sp³-hybridized carbons (Fsp3) is 0.182. The molecule has 3 rings (SSSR count). The molecule has 0 saturated heterocycles. The second-order valence-corrected chi connectivity index (χ2v) is 8.50. The van der Waals surface area contributed by atoms with Crippen molar-refractivity contribution in [3.05, 3.63) is 78.3 Å². The number of rotatable bonds is 9. The standard InChI is InChI=1S/C22H22N2O7S/c1-2-29-18-10-6-7-11-19(18)30-14-21(25)23-24-22(26)20-13-12-16(31-20)15-32(27,28)17-8-4-3-5-9-17/h3-13H,2,14-15H2,1H3,(H,23,25)(H,24,26). The molecule has 2 aromatic carbocycles. The fourth-order valence-corrected chi connectivity index (χ4v) is 3.96. The van der Waals surface area contributed by atoms with Crippen LogP contribution < -0.4 is 20.3 Å². The lowest BCUT2D eigenvalue weighted by molar-refractivity contribution is -0.123. The normalized spacial score (nSPS) is 10.9. The molecule has 168 valence electrons. The predicted molar refractivity (Wildman–Crippen MR) is 115 cm³/mol. The summed E-state index contributed by atoms with van der Waals surface area (Å²) in [5.74, 6) is -0.901. The third kappa shape index (κ3) is 6.11. The van der Waals surface area contributed by atoms with E-state index in [1.54, 1.807) is 42.5 Å². The Morgan fingerprint density at radius 3 is 2.22 bits per heavy atom. The van der Waals surface area contributed by atoms with E-state index in [1.165, 1.54) is 24.3 Å². The van der Waals surface area contributed by atoms with Gasteiger partial charge in [-0.05, 0) is 43.3 Å². The van der Waals surface area contributed by atoms with Gasteiger partial charge < -0.3 is 13.9 Å². The number of hydrazine groups is 1. The largest absolute Gasteiger partial charge is 0.490 e. The maximum Gasteiger partial charge on any atom is 0.305 e. The molecule has 1 heterocycles. The van der Waals surface area contributed by atoms with E-state index in [9.17, 15) is 18.0 Å². The van der Waals surface area contributed by atoms with Crippen LogP contribution in [0.15, 0.2) is 76.0 Å². The molecule has 0 atom stereocenters. The first-order valence-electron chi connectivity index (χ1n) is 9.69. The molecule has 0 aliphatic rings. The van der Waals surface area contributed by atoms with Gasteiger partial charge in [-0.1, -0.05) is 30.3 Å². The number of nitrogens with one attached hydrogen (secondary N) is 2. The lowest BCUT2D eigenvalue weighted by Gasteiger charge is -2.11. The average Bonchev–Trinajstić information content (AvgIpc) is 3.25. The number of para-hydroxylation sites is 2. The Morgan fingerprint density at radius 1 is 0.875 bits per heavy atom. The van der Waals surface area contributed by atoms with Crippen LogP contribution in [-0.2, 0) is 20.4 Å². The monoisotopic (exact) mass is 458 g/mol. The minimum atomic E-state index is -3.61. The molecule has 9 nitrogen and oxygen atoms in total. The molecule has 0 aliphatic heterocycles. The predicted octanol–water partition coefficient (Wildman–Crippen LogP) is 2.49. The van der Waals surface area contributed by atoms with Crippen molar-refractivity contribution in [1.29, 1.82) is 0 Å². The number of amides is 2. The first kappa shape index (κ1) is 22.9. The highest BCUT2D eigenvalue weighted by Crippen LogP contribution is 2.26. The zero-order valence-corrected chi connectivity index (χ0v) is 18.1. The van der Waals surface area contributed by atoms with E-state index in [-0.39, 0.29) is 23.0 Å². The van der Waals surface area contributed by atoms with Crippen LogP contribution in [-0.4, -0.2) is 33.4 Å².